The normalized spacial score (nSPS) is 17.5. The molecule has 0 heterocycles. The average molecular weight is 583 g/mol. The number of benzene rings is 2. The molecular weight excluding hydrogens is 549 g/mol. The molecule has 1 aliphatic rings. The van der Waals surface area contributed by atoms with E-state index < -0.39 is 57.9 Å². The van der Waals surface area contributed by atoms with Crippen LogP contribution < -0.4 is 21.3 Å². The Labute approximate surface area is 231 Å². The van der Waals surface area contributed by atoms with Crippen LogP contribution in [-0.2, 0) is 20.8 Å². The number of alkyl halides is 3. The van der Waals surface area contributed by atoms with Gasteiger partial charge >= 0.3 is 6.18 Å². The fourth-order valence-corrected chi connectivity index (χ4v) is 5.05. The van der Waals surface area contributed by atoms with E-state index in [9.17, 15) is 36.0 Å². The third kappa shape index (κ3) is 8.44. The topological polar surface area (TPSA) is 133 Å². The Morgan fingerprint density at radius 1 is 0.925 bits per heavy atom. The van der Waals surface area contributed by atoms with Crippen LogP contribution in [0.4, 0.5) is 18.9 Å². The van der Waals surface area contributed by atoms with Gasteiger partial charge < -0.3 is 21.3 Å². The maximum atomic E-state index is 13.2. The molecule has 3 amide bonds. The lowest BCUT2D eigenvalue weighted by molar-refractivity contribution is -0.137. The maximum Gasteiger partial charge on any atom is 0.416 e. The molecule has 218 valence electrons. The minimum Gasteiger partial charge on any atom is -0.384 e. The van der Waals surface area contributed by atoms with Crippen molar-refractivity contribution >= 4 is 33.2 Å². The Morgan fingerprint density at radius 2 is 1.55 bits per heavy atom. The van der Waals surface area contributed by atoms with Gasteiger partial charge in [-0.3, -0.25) is 14.4 Å². The number of carbonyl (C=O) groups is 3. The summed E-state index contributed by atoms with van der Waals surface area (Å²) in [5, 5.41) is 11.0. The minimum absolute atomic E-state index is 0.0901. The summed E-state index contributed by atoms with van der Waals surface area (Å²) in [5.41, 5.74) is -0.701. The molecule has 0 saturated heterocycles. The highest BCUT2D eigenvalue weighted by Crippen LogP contribution is 2.32. The fraction of sp³-hybridized carbons (Fsp3) is 0.444. The Morgan fingerprint density at radius 3 is 2.12 bits per heavy atom. The van der Waals surface area contributed by atoms with Crippen molar-refractivity contribution in [1.82, 2.24) is 16.0 Å². The van der Waals surface area contributed by atoms with E-state index >= 15 is 0 Å². The Bertz CT molecular complexity index is 1330. The lowest BCUT2D eigenvalue weighted by atomic mass is 9.90. The van der Waals surface area contributed by atoms with Gasteiger partial charge in [0.05, 0.1) is 22.6 Å². The Hall–Kier alpha value is -3.61. The Kier molecular flexibility index (Phi) is 10.2. The van der Waals surface area contributed by atoms with Crippen LogP contribution in [0, 0.1) is 0 Å². The summed E-state index contributed by atoms with van der Waals surface area (Å²) in [7, 11) is -3.40. The first-order chi connectivity index (χ1) is 18.8. The van der Waals surface area contributed by atoms with Gasteiger partial charge in [0.1, 0.15) is 0 Å². The van der Waals surface area contributed by atoms with Gasteiger partial charge in [0.2, 0.25) is 5.91 Å². The number of amides is 3. The number of sulfone groups is 1. The van der Waals surface area contributed by atoms with Gasteiger partial charge in [-0.15, -0.1) is 0 Å². The van der Waals surface area contributed by atoms with Crippen molar-refractivity contribution in [2.45, 2.75) is 62.2 Å². The molecule has 2 atom stereocenters. The van der Waals surface area contributed by atoms with Crippen LogP contribution >= 0.6 is 0 Å². The first-order valence-electron chi connectivity index (χ1n) is 12.9. The predicted octanol–water partition coefficient (Wildman–Crippen LogP) is 3.52. The zero-order chi connectivity index (χ0) is 29.5. The van der Waals surface area contributed by atoms with E-state index in [1.165, 1.54) is 30.3 Å². The van der Waals surface area contributed by atoms with Crippen molar-refractivity contribution in [1.29, 1.82) is 0 Å². The standard InChI is InChI=1S/C27H33F3N4O5S/c1-3-14-31-21-13-10-18(27(28,29)30)15-20(21)26(37)32-16-24(35)33-22-6-4-5-7-23(22)34-25(36)17-8-11-19(12-9-17)40(2,38)39/h8-13,15,22-23,31H,3-7,14,16H2,1-2H3,(H,32,37)(H,33,35)(H,34,36)/t22-,23+/m1/s1. The largest absolute Gasteiger partial charge is 0.416 e. The van der Waals surface area contributed by atoms with Crippen LogP contribution in [0.5, 0.6) is 0 Å². The van der Waals surface area contributed by atoms with Crippen LogP contribution in [0.2, 0.25) is 0 Å². The van der Waals surface area contributed by atoms with Gasteiger partial charge in [-0.2, -0.15) is 13.2 Å². The van der Waals surface area contributed by atoms with Crippen LogP contribution in [0.25, 0.3) is 0 Å². The molecule has 4 N–H and O–H groups in total. The van der Waals surface area contributed by atoms with E-state index in [0.29, 0.717) is 25.8 Å². The molecule has 2 aromatic rings. The zero-order valence-corrected chi connectivity index (χ0v) is 23.0. The molecular formula is C27H33F3N4O5S. The minimum atomic E-state index is -4.63. The third-order valence-electron chi connectivity index (χ3n) is 6.54. The van der Waals surface area contributed by atoms with Crippen molar-refractivity contribution in [2.24, 2.45) is 0 Å². The summed E-state index contributed by atoms with van der Waals surface area (Å²) in [5.74, 6) is -1.80. The molecule has 3 rings (SSSR count). The van der Waals surface area contributed by atoms with E-state index in [-0.39, 0.29) is 21.7 Å². The molecule has 0 spiro atoms. The van der Waals surface area contributed by atoms with Crippen molar-refractivity contribution in [3.8, 4) is 0 Å². The first-order valence-corrected chi connectivity index (χ1v) is 14.8. The summed E-state index contributed by atoms with van der Waals surface area (Å²) in [4.78, 5) is 38.3. The summed E-state index contributed by atoms with van der Waals surface area (Å²) in [6.07, 6.45) is -0.0613. The van der Waals surface area contributed by atoms with Gasteiger partial charge in [0.25, 0.3) is 11.8 Å². The van der Waals surface area contributed by atoms with Crippen molar-refractivity contribution in [3.63, 3.8) is 0 Å². The van der Waals surface area contributed by atoms with Gasteiger partial charge in [-0.25, -0.2) is 8.42 Å². The predicted molar refractivity (Wildman–Crippen MR) is 144 cm³/mol. The van der Waals surface area contributed by atoms with Gasteiger partial charge in [-0.1, -0.05) is 19.8 Å². The van der Waals surface area contributed by atoms with E-state index in [1.807, 2.05) is 6.92 Å². The zero-order valence-electron chi connectivity index (χ0n) is 22.2. The maximum absolute atomic E-state index is 13.2. The molecule has 9 nitrogen and oxygen atoms in total. The number of halogens is 3. The van der Waals surface area contributed by atoms with E-state index in [1.54, 1.807) is 0 Å². The number of anilines is 1. The van der Waals surface area contributed by atoms with E-state index in [0.717, 1.165) is 31.2 Å². The van der Waals surface area contributed by atoms with Crippen molar-refractivity contribution < 1.29 is 36.0 Å². The number of nitrogens with one attached hydrogen (secondary N) is 4. The lowest BCUT2D eigenvalue weighted by Gasteiger charge is -2.33. The van der Waals surface area contributed by atoms with E-state index in [4.69, 9.17) is 0 Å². The Balaban J connectivity index is 1.62. The average Bonchev–Trinajstić information content (AvgIpc) is 2.90. The van der Waals surface area contributed by atoms with Crippen molar-refractivity contribution in [2.75, 3.05) is 24.7 Å². The lowest BCUT2D eigenvalue weighted by Crippen LogP contribution is -2.54. The summed E-state index contributed by atoms with van der Waals surface area (Å²) in [6, 6.07) is 7.53. The number of hydrogen-bond acceptors (Lipinski definition) is 6. The molecule has 0 radical (unpaired) electrons. The highest BCUT2D eigenvalue weighted by Gasteiger charge is 2.32. The molecule has 2 aromatic carbocycles. The SMILES string of the molecule is CCCNc1ccc(C(F)(F)F)cc1C(=O)NCC(=O)N[C@@H]1CCCC[C@@H]1NC(=O)c1ccc(S(C)(=O)=O)cc1. The number of hydrogen-bond donors (Lipinski definition) is 4. The quantitative estimate of drug-likeness (QED) is 0.339. The van der Waals surface area contributed by atoms with Crippen LogP contribution in [0.3, 0.4) is 0 Å². The van der Waals surface area contributed by atoms with Gasteiger partial charge in [0.15, 0.2) is 9.84 Å². The summed E-state index contributed by atoms with van der Waals surface area (Å²) < 4.78 is 63.0. The second-order valence-electron chi connectivity index (χ2n) is 9.70. The second kappa shape index (κ2) is 13.2. The summed E-state index contributed by atoms with van der Waals surface area (Å²) in [6.45, 7) is 1.85. The number of rotatable bonds is 10. The number of carbonyl (C=O) groups excluding carboxylic acids is 3. The molecule has 0 bridgehead atoms. The van der Waals surface area contributed by atoms with Crippen LogP contribution in [0.15, 0.2) is 47.4 Å². The molecule has 1 aliphatic carbocycles. The van der Waals surface area contributed by atoms with Gasteiger partial charge in [-0.05, 0) is 61.7 Å². The third-order valence-corrected chi connectivity index (χ3v) is 7.67. The van der Waals surface area contributed by atoms with Crippen molar-refractivity contribution in [3.05, 3.63) is 59.2 Å². The summed E-state index contributed by atoms with van der Waals surface area (Å²) >= 11 is 0. The van der Waals surface area contributed by atoms with Crippen LogP contribution in [0.1, 0.15) is 65.3 Å². The smallest absolute Gasteiger partial charge is 0.384 e. The molecule has 0 aromatic heterocycles. The molecule has 40 heavy (non-hydrogen) atoms. The molecule has 0 aliphatic heterocycles. The second-order valence-corrected chi connectivity index (χ2v) is 11.7. The highest BCUT2D eigenvalue weighted by atomic mass is 32.2. The monoisotopic (exact) mass is 582 g/mol. The van der Waals surface area contributed by atoms with E-state index in [2.05, 4.69) is 21.3 Å². The molecule has 0 unspecified atom stereocenters. The van der Waals surface area contributed by atoms with Gasteiger partial charge in [0, 0.05) is 36.1 Å². The molecule has 1 saturated carbocycles. The van der Waals surface area contributed by atoms with Crippen LogP contribution in [-0.4, -0.2) is 57.6 Å². The molecule has 13 heteroatoms. The highest BCUT2D eigenvalue weighted by molar-refractivity contribution is 7.90. The molecule has 1 fully saturated rings. The fourth-order valence-electron chi connectivity index (χ4n) is 4.42. The first kappa shape index (κ1) is 30.9.